The number of aldehydes is 1. The van der Waals surface area contributed by atoms with Crippen molar-refractivity contribution in [3.05, 3.63) is 46.8 Å². The summed E-state index contributed by atoms with van der Waals surface area (Å²) in [5.74, 6) is 0. The zero-order valence-corrected chi connectivity index (χ0v) is 17.2. The molecule has 0 radical (unpaired) electrons. The summed E-state index contributed by atoms with van der Waals surface area (Å²) >= 11 is 1.42. The van der Waals surface area contributed by atoms with Crippen LogP contribution in [0.1, 0.15) is 20.8 Å². The highest BCUT2D eigenvalue weighted by molar-refractivity contribution is 8.03. The Labute approximate surface area is 156 Å². The van der Waals surface area contributed by atoms with E-state index in [1.165, 1.54) is 11.8 Å². The summed E-state index contributed by atoms with van der Waals surface area (Å²) in [6.07, 6.45) is 14.0. The highest BCUT2D eigenvalue weighted by atomic mass is 32.2. The van der Waals surface area contributed by atoms with Gasteiger partial charge in [-0.2, -0.15) is 0 Å². The zero-order valence-electron chi connectivity index (χ0n) is 16.4. The molecule has 0 heterocycles. The first kappa shape index (κ1) is 22.9. The molecule has 0 amide bonds. The van der Waals surface area contributed by atoms with Crippen LogP contribution in [0.3, 0.4) is 0 Å². The number of allylic oxidation sites excluding steroid dienone is 3. The molecule has 0 fully saturated rings. The van der Waals surface area contributed by atoms with Crippen LogP contribution in [0.4, 0.5) is 0 Å². The summed E-state index contributed by atoms with van der Waals surface area (Å²) < 4.78 is 0. The molecule has 0 bridgehead atoms. The number of rotatable bonds is 10. The Hall–Kier alpha value is -2.08. The second-order valence-electron chi connectivity index (χ2n) is 5.67. The summed E-state index contributed by atoms with van der Waals surface area (Å²) in [5.41, 5.74) is 2.81. The molecule has 0 aromatic rings. The van der Waals surface area contributed by atoms with Gasteiger partial charge in [-0.15, -0.1) is 11.8 Å². The lowest BCUT2D eigenvalue weighted by Crippen LogP contribution is -2.11. The van der Waals surface area contributed by atoms with E-state index in [2.05, 4.69) is 9.98 Å². The van der Waals surface area contributed by atoms with Crippen molar-refractivity contribution in [1.82, 2.24) is 9.80 Å². The van der Waals surface area contributed by atoms with E-state index >= 15 is 0 Å². The van der Waals surface area contributed by atoms with Crippen LogP contribution in [0.5, 0.6) is 0 Å². The molecule has 0 aliphatic rings. The van der Waals surface area contributed by atoms with Crippen molar-refractivity contribution < 1.29 is 4.79 Å². The molecule has 0 aliphatic carbocycles. The maximum absolute atomic E-state index is 11.4. The summed E-state index contributed by atoms with van der Waals surface area (Å²) in [6.45, 7) is 6.27. The predicted molar refractivity (Wildman–Crippen MR) is 112 cm³/mol. The maximum Gasteiger partial charge on any atom is 0.156 e. The summed E-state index contributed by atoms with van der Waals surface area (Å²) in [7, 11) is 5.83. The first-order valence-electron chi connectivity index (χ1n) is 7.99. The van der Waals surface area contributed by atoms with Crippen LogP contribution in [0, 0.1) is 0 Å². The summed E-state index contributed by atoms with van der Waals surface area (Å²) in [4.78, 5) is 24.6. The second kappa shape index (κ2) is 13.2. The molecule has 0 aliphatic heterocycles. The Kier molecular flexibility index (Phi) is 12.1. The smallest absolute Gasteiger partial charge is 0.156 e. The van der Waals surface area contributed by atoms with Gasteiger partial charge in [0.1, 0.15) is 0 Å². The molecule has 0 unspecified atom stereocenters. The van der Waals surface area contributed by atoms with Crippen molar-refractivity contribution in [2.75, 3.05) is 33.9 Å². The van der Waals surface area contributed by atoms with Gasteiger partial charge >= 0.3 is 0 Å². The molecule has 5 nitrogen and oxygen atoms in total. The second-order valence-corrected chi connectivity index (χ2v) is 6.52. The highest BCUT2D eigenvalue weighted by Crippen LogP contribution is 2.18. The number of thioether (sulfide) groups is 1. The number of likely N-dealkylation sites (N-methyl/N-ethyl adjacent to an activating group) is 1. The van der Waals surface area contributed by atoms with Crippen molar-refractivity contribution in [3.8, 4) is 0 Å². The third-order valence-corrected chi connectivity index (χ3v) is 3.77. The van der Waals surface area contributed by atoms with E-state index in [0.717, 1.165) is 23.3 Å². The Morgan fingerprint density at radius 2 is 1.88 bits per heavy atom. The predicted octanol–water partition coefficient (Wildman–Crippen LogP) is 3.74. The van der Waals surface area contributed by atoms with Crippen LogP contribution in [0.25, 0.3) is 0 Å². The fraction of sp³-hybridized carbons (Fsp3) is 0.421. The monoisotopic (exact) mass is 362 g/mol. The van der Waals surface area contributed by atoms with Gasteiger partial charge in [0.25, 0.3) is 0 Å². The van der Waals surface area contributed by atoms with E-state index in [0.29, 0.717) is 11.4 Å². The fourth-order valence-electron chi connectivity index (χ4n) is 1.76. The molecule has 0 atom stereocenters. The van der Waals surface area contributed by atoms with Crippen LogP contribution in [0.15, 0.2) is 56.8 Å². The quantitative estimate of drug-likeness (QED) is 0.195. The number of hydrogen-bond donors (Lipinski definition) is 0. The lowest BCUT2D eigenvalue weighted by molar-refractivity contribution is -0.104. The summed E-state index contributed by atoms with van der Waals surface area (Å²) in [5, 5.41) is 0. The minimum Gasteiger partial charge on any atom is -0.378 e. The average Bonchev–Trinajstić information content (AvgIpc) is 2.54. The third kappa shape index (κ3) is 10.4. The number of hydrogen-bond acceptors (Lipinski definition) is 5. The van der Waals surface area contributed by atoms with E-state index in [4.69, 9.17) is 0 Å². The van der Waals surface area contributed by atoms with Crippen LogP contribution in [0.2, 0.25) is 0 Å². The SMILES string of the molecule is C/C=C/N(C)C=NCC(/C=C(/C=C\N=C(C)C)N(C)C)=C(\C=O)SC. The number of carbonyl (C=O) groups excluding carboxylic acids is 1. The van der Waals surface area contributed by atoms with Crippen LogP contribution in [-0.4, -0.2) is 62.1 Å². The standard InChI is InChI=1S/C19H30N4OS/c1-8-11-23(6)15-20-13-17(19(14-24)25-7)12-18(22(4)5)9-10-21-16(2)3/h8-12,14-15H,13H2,1-7H3/b10-9-,11-8+,18-12-,19-17+,20-15?. The number of carbonyl (C=O) groups is 1. The molecular formula is C19H30N4OS. The summed E-state index contributed by atoms with van der Waals surface area (Å²) in [6, 6.07) is 0. The molecule has 0 N–H and O–H groups in total. The van der Waals surface area contributed by atoms with Crippen molar-refractivity contribution in [2.24, 2.45) is 9.98 Å². The molecule has 0 rings (SSSR count). The molecule has 0 aromatic carbocycles. The van der Waals surface area contributed by atoms with Crippen molar-refractivity contribution in [1.29, 1.82) is 0 Å². The maximum atomic E-state index is 11.4. The molecule has 0 saturated carbocycles. The van der Waals surface area contributed by atoms with Crippen LogP contribution >= 0.6 is 11.8 Å². The first-order chi connectivity index (χ1) is 11.8. The van der Waals surface area contributed by atoms with E-state index in [1.807, 2.05) is 82.4 Å². The largest absolute Gasteiger partial charge is 0.378 e. The van der Waals surface area contributed by atoms with Gasteiger partial charge in [0.05, 0.1) is 17.8 Å². The van der Waals surface area contributed by atoms with E-state index in [-0.39, 0.29) is 0 Å². The first-order valence-corrected chi connectivity index (χ1v) is 9.21. The van der Waals surface area contributed by atoms with Gasteiger partial charge in [0, 0.05) is 45.0 Å². The van der Waals surface area contributed by atoms with Gasteiger partial charge < -0.3 is 9.80 Å². The van der Waals surface area contributed by atoms with E-state index < -0.39 is 0 Å². The lowest BCUT2D eigenvalue weighted by atomic mass is 10.2. The van der Waals surface area contributed by atoms with E-state index in [1.54, 1.807) is 12.5 Å². The van der Waals surface area contributed by atoms with Gasteiger partial charge in [-0.1, -0.05) is 6.08 Å². The third-order valence-electron chi connectivity index (χ3n) is 2.97. The fourth-order valence-corrected chi connectivity index (χ4v) is 2.24. The van der Waals surface area contributed by atoms with Crippen LogP contribution in [-0.2, 0) is 4.79 Å². The van der Waals surface area contributed by atoms with Gasteiger partial charge in [-0.25, -0.2) is 0 Å². The molecule has 0 spiro atoms. The molecule has 6 heteroatoms. The molecule has 0 saturated heterocycles. The highest BCUT2D eigenvalue weighted by Gasteiger charge is 2.05. The Bertz CT molecular complexity index is 595. The van der Waals surface area contributed by atoms with E-state index in [9.17, 15) is 4.79 Å². The van der Waals surface area contributed by atoms with Crippen molar-refractivity contribution >= 4 is 30.1 Å². The van der Waals surface area contributed by atoms with Gasteiger partial charge in [0.2, 0.25) is 0 Å². The van der Waals surface area contributed by atoms with Crippen LogP contribution < -0.4 is 0 Å². The molecule has 25 heavy (non-hydrogen) atoms. The minimum atomic E-state index is 0.429. The Morgan fingerprint density at radius 1 is 1.20 bits per heavy atom. The molecular weight excluding hydrogens is 332 g/mol. The average molecular weight is 363 g/mol. The van der Waals surface area contributed by atoms with Crippen molar-refractivity contribution in [2.45, 2.75) is 20.8 Å². The molecule has 0 aromatic heterocycles. The minimum absolute atomic E-state index is 0.429. The molecule has 138 valence electrons. The zero-order chi connectivity index (χ0) is 19.2. The van der Waals surface area contributed by atoms with Gasteiger partial charge in [-0.05, 0) is 44.8 Å². The van der Waals surface area contributed by atoms with Gasteiger partial charge in [-0.3, -0.25) is 14.8 Å². The van der Waals surface area contributed by atoms with Crippen molar-refractivity contribution in [3.63, 3.8) is 0 Å². The lowest BCUT2D eigenvalue weighted by Gasteiger charge is -2.15. The van der Waals surface area contributed by atoms with Gasteiger partial charge in [0.15, 0.2) is 6.29 Å². The Morgan fingerprint density at radius 3 is 2.36 bits per heavy atom. The normalized spacial score (nSPS) is 13.5. The number of aliphatic imine (C=N–C) groups is 2. The Balaban J connectivity index is 5.66. The number of nitrogens with zero attached hydrogens (tertiary/aromatic N) is 4. The topological polar surface area (TPSA) is 48.3 Å².